The molecule has 1 fully saturated rings. The van der Waals surface area contributed by atoms with Gasteiger partial charge in [-0.15, -0.1) is 0 Å². The molecule has 0 aliphatic heterocycles. The summed E-state index contributed by atoms with van der Waals surface area (Å²) in [4.78, 5) is 9.43. The maximum atomic E-state index is 4.75. The van der Waals surface area contributed by atoms with Crippen molar-refractivity contribution in [1.29, 1.82) is 0 Å². The SMILES string of the molecule is CCNC(=NCc1cn2c(C)cccc2n1)NC1CCC(SCC)C1. The van der Waals surface area contributed by atoms with Crippen molar-refractivity contribution >= 4 is 23.4 Å². The number of hydrogen-bond acceptors (Lipinski definition) is 3. The van der Waals surface area contributed by atoms with Gasteiger partial charge >= 0.3 is 0 Å². The molecule has 2 N–H and O–H groups in total. The Balaban J connectivity index is 1.64. The molecule has 2 atom stereocenters. The summed E-state index contributed by atoms with van der Waals surface area (Å²) in [5, 5.41) is 7.78. The zero-order chi connectivity index (χ0) is 17.6. The monoisotopic (exact) mass is 359 g/mol. The molecule has 2 heterocycles. The number of aryl methyl sites for hydroxylation is 1. The van der Waals surface area contributed by atoms with Gasteiger partial charge in [-0.25, -0.2) is 9.98 Å². The molecular formula is C19H29N5S. The minimum absolute atomic E-state index is 0.533. The lowest BCUT2D eigenvalue weighted by molar-refractivity contribution is 0.615. The largest absolute Gasteiger partial charge is 0.357 e. The van der Waals surface area contributed by atoms with Crippen LogP contribution in [0.2, 0.25) is 0 Å². The summed E-state index contributed by atoms with van der Waals surface area (Å²) in [6, 6.07) is 6.71. The lowest BCUT2D eigenvalue weighted by Crippen LogP contribution is -2.42. The van der Waals surface area contributed by atoms with Crippen LogP contribution < -0.4 is 10.6 Å². The van der Waals surface area contributed by atoms with E-state index >= 15 is 0 Å². The Bertz CT molecular complexity index is 724. The molecule has 1 saturated carbocycles. The highest BCUT2D eigenvalue weighted by molar-refractivity contribution is 7.99. The molecule has 1 aliphatic rings. The molecule has 0 aromatic carbocycles. The van der Waals surface area contributed by atoms with Crippen molar-refractivity contribution in [1.82, 2.24) is 20.0 Å². The molecule has 0 radical (unpaired) electrons. The van der Waals surface area contributed by atoms with E-state index in [1.54, 1.807) is 0 Å². The fourth-order valence-corrected chi connectivity index (χ4v) is 4.55. The molecular weight excluding hydrogens is 330 g/mol. The average molecular weight is 360 g/mol. The fourth-order valence-electron chi connectivity index (χ4n) is 3.41. The van der Waals surface area contributed by atoms with Gasteiger partial charge in [-0.2, -0.15) is 11.8 Å². The molecule has 2 unspecified atom stereocenters. The van der Waals surface area contributed by atoms with E-state index in [0.29, 0.717) is 12.6 Å². The number of aliphatic imine (C=N–C) groups is 1. The Hall–Kier alpha value is -1.69. The van der Waals surface area contributed by atoms with E-state index < -0.39 is 0 Å². The van der Waals surface area contributed by atoms with Crippen molar-refractivity contribution in [2.24, 2.45) is 4.99 Å². The molecule has 2 aromatic rings. The normalized spacial score (nSPS) is 21.0. The van der Waals surface area contributed by atoms with Gasteiger partial charge in [0.05, 0.1) is 12.2 Å². The first kappa shape index (κ1) is 18.1. The topological polar surface area (TPSA) is 53.7 Å². The van der Waals surface area contributed by atoms with E-state index in [-0.39, 0.29) is 0 Å². The van der Waals surface area contributed by atoms with E-state index in [1.165, 1.54) is 30.7 Å². The van der Waals surface area contributed by atoms with Crippen LogP contribution in [0.3, 0.4) is 0 Å². The highest BCUT2D eigenvalue weighted by Crippen LogP contribution is 2.29. The second kappa shape index (κ2) is 8.61. The van der Waals surface area contributed by atoms with Crippen molar-refractivity contribution in [3.8, 4) is 0 Å². The molecule has 6 heteroatoms. The second-order valence-corrected chi connectivity index (χ2v) is 8.13. The Morgan fingerprint density at radius 2 is 2.24 bits per heavy atom. The maximum absolute atomic E-state index is 4.75. The number of nitrogens with zero attached hydrogens (tertiary/aromatic N) is 3. The molecule has 2 aromatic heterocycles. The molecule has 136 valence electrons. The Morgan fingerprint density at radius 1 is 1.36 bits per heavy atom. The molecule has 0 amide bonds. The van der Waals surface area contributed by atoms with Crippen molar-refractivity contribution in [3.05, 3.63) is 35.8 Å². The third-order valence-electron chi connectivity index (χ3n) is 4.62. The van der Waals surface area contributed by atoms with Gasteiger partial charge in [-0.05, 0) is 51.0 Å². The number of aromatic nitrogens is 2. The van der Waals surface area contributed by atoms with Gasteiger partial charge in [0.25, 0.3) is 0 Å². The van der Waals surface area contributed by atoms with Crippen LogP contribution in [0.5, 0.6) is 0 Å². The van der Waals surface area contributed by atoms with E-state index in [2.05, 4.69) is 64.8 Å². The molecule has 1 aliphatic carbocycles. The number of nitrogens with one attached hydrogen (secondary N) is 2. The first-order valence-electron chi connectivity index (χ1n) is 9.29. The van der Waals surface area contributed by atoms with Gasteiger partial charge < -0.3 is 15.0 Å². The quantitative estimate of drug-likeness (QED) is 0.613. The minimum atomic E-state index is 0.533. The van der Waals surface area contributed by atoms with E-state index in [1.807, 2.05) is 12.1 Å². The Morgan fingerprint density at radius 3 is 3.00 bits per heavy atom. The van der Waals surface area contributed by atoms with Crippen LogP contribution in [0.25, 0.3) is 5.65 Å². The van der Waals surface area contributed by atoms with Gasteiger partial charge in [-0.1, -0.05) is 13.0 Å². The Labute approximate surface area is 154 Å². The van der Waals surface area contributed by atoms with Crippen molar-refractivity contribution in [2.75, 3.05) is 12.3 Å². The molecule has 0 saturated heterocycles. The summed E-state index contributed by atoms with van der Waals surface area (Å²) in [7, 11) is 0. The van der Waals surface area contributed by atoms with Crippen molar-refractivity contribution in [2.45, 2.75) is 57.9 Å². The van der Waals surface area contributed by atoms with Gasteiger partial charge in [0, 0.05) is 29.7 Å². The summed E-state index contributed by atoms with van der Waals surface area (Å²) in [5.74, 6) is 2.11. The molecule has 3 rings (SSSR count). The third-order valence-corrected chi connectivity index (χ3v) is 5.85. The molecule has 5 nitrogen and oxygen atoms in total. The predicted molar refractivity (Wildman–Crippen MR) is 107 cm³/mol. The third kappa shape index (κ3) is 4.69. The number of fused-ring (bicyclic) bond motifs is 1. The molecule has 25 heavy (non-hydrogen) atoms. The smallest absolute Gasteiger partial charge is 0.191 e. The average Bonchev–Trinajstić information content (AvgIpc) is 3.21. The number of hydrogen-bond donors (Lipinski definition) is 2. The number of pyridine rings is 1. The summed E-state index contributed by atoms with van der Waals surface area (Å²) in [6.07, 6.45) is 5.86. The van der Waals surface area contributed by atoms with E-state index in [9.17, 15) is 0 Å². The van der Waals surface area contributed by atoms with Gasteiger partial charge in [0.1, 0.15) is 5.65 Å². The summed E-state index contributed by atoms with van der Waals surface area (Å²) in [5.41, 5.74) is 3.17. The lowest BCUT2D eigenvalue weighted by Gasteiger charge is -2.17. The number of rotatable bonds is 6. The summed E-state index contributed by atoms with van der Waals surface area (Å²) >= 11 is 2.08. The second-order valence-electron chi connectivity index (χ2n) is 6.55. The zero-order valence-electron chi connectivity index (χ0n) is 15.5. The highest BCUT2D eigenvalue weighted by Gasteiger charge is 2.25. The first-order chi connectivity index (χ1) is 12.2. The standard InChI is InChI=1S/C19H29N5S/c1-4-20-19(23-15-9-10-17(11-15)25-5-2)21-12-16-13-24-14(3)7-6-8-18(24)22-16/h6-8,13,15,17H,4-5,9-12H2,1-3H3,(H2,20,21,23). The number of imidazole rings is 1. The van der Waals surface area contributed by atoms with Crippen LogP contribution in [0.4, 0.5) is 0 Å². The van der Waals surface area contributed by atoms with Crippen LogP contribution in [0.1, 0.15) is 44.5 Å². The highest BCUT2D eigenvalue weighted by atomic mass is 32.2. The molecule has 0 spiro atoms. The lowest BCUT2D eigenvalue weighted by atomic mass is 10.2. The van der Waals surface area contributed by atoms with Crippen LogP contribution in [-0.4, -0.2) is 38.9 Å². The zero-order valence-corrected chi connectivity index (χ0v) is 16.3. The van der Waals surface area contributed by atoms with Crippen molar-refractivity contribution in [3.63, 3.8) is 0 Å². The minimum Gasteiger partial charge on any atom is -0.357 e. The van der Waals surface area contributed by atoms with Crippen LogP contribution in [-0.2, 0) is 6.54 Å². The number of thioether (sulfide) groups is 1. The summed E-state index contributed by atoms with van der Waals surface area (Å²) < 4.78 is 2.12. The van der Waals surface area contributed by atoms with Crippen LogP contribution in [0.15, 0.2) is 29.4 Å². The van der Waals surface area contributed by atoms with Crippen molar-refractivity contribution < 1.29 is 0 Å². The maximum Gasteiger partial charge on any atom is 0.191 e. The number of guanidine groups is 1. The fraction of sp³-hybridized carbons (Fsp3) is 0.579. The van der Waals surface area contributed by atoms with Gasteiger partial charge in [0.2, 0.25) is 0 Å². The van der Waals surface area contributed by atoms with Crippen LogP contribution in [0, 0.1) is 6.92 Å². The predicted octanol–water partition coefficient (Wildman–Crippen LogP) is 3.37. The summed E-state index contributed by atoms with van der Waals surface area (Å²) in [6.45, 7) is 7.91. The first-order valence-corrected chi connectivity index (χ1v) is 10.3. The van der Waals surface area contributed by atoms with E-state index in [4.69, 9.17) is 4.99 Å². The Kier molecular flexibility index (Phi) is 6.24. The molecule has 0 bridgehead atoms. The van der Waals surface area contributed by atoms with Gasteiger partial charge in [0.15, 0.2) is 5.96 Å². The van der Waals surface area contributed by atoms with E-state index in [0.717, 1.165) is 29.1 Å². The van der Waals surface area contributed by atoms with Crippen LogP contribution >= 0.6 is 11.8 Å². The van der Waals surface area contributed by atoms with Gasteiger partial charge in [-0.3, -0.25) is 0 Å².